The highest BCUT2D eigenvalue weighted by molar-refractivity contribution is 5.92. The molecule has 3 atom stereocenters. The molecule has 132 valence electrons. The topological polar surface area (TPSA) is 54.3 Å². The monoisotopic (exact) mass is 350 g/mol. The third kappa shape index (κ3) is 3.16. The summed E-state index contributed by atoms with van der Waals surface area (Å²) in [6, 6.07) is 8.71. The van der Waals surface area contributed by atoms with Crippen molar-refractivity contribution >= 4 is 5.91 Å². The van der Waals surface area contributed by atoms with Gasteiger partial charge in [0.1, 0.15) is 5.76 Å². The zero-order valence-corrected chi connectivity index (χ0v) is 13.3. The zero-order chi connectivity index (χ0) is 17.6. The van der Waals surface area contributed by atoms with Gasteiger partial charge in [-0.1, -0.05) is 12.1 Å². The first-order chi connectivity index (χ1) is 11.9. The molecule has 2 aliphatic heterocycles. The minimum Gasteiger partial charge on any atom is -0.451 e. The lowest BCUT2D eigenvalue weighted by atomic mass is 9.95. The van der Waals surface area contributed by atoms with Gasteiger partial charge < -0.3 is 15.1 Å². The Hall–Kier alpha value is -2.28. The Morgan fingerprint density at radius 2 is 2.04 bits per heavy atom. The van der Waals surface area contributed by atoms with E-state index in [2.05, 4.69) is 10.6 Å². The molecule has 1 aromatic heterocycles. The molecule has 4 nitrogen and oxygen atoms in total. The minimum absolute atomic E-state index is 0.0772. The molecule has 0 aliphatic carbocycles. The van der Waals surface area contributed by atoms with Crippen molar-refractivity contribution in [2.45, 2.75) is 43.6 Å². The van der Waals surface area contributed by atoms with Gasteiger partial charge in [-0.05, 0) is 43.5 Å². The number of fused-ring (bicyclic) bond motifs is 2. The molecule has 2 aromatic rings. The molecule has 1 aromatic carbocycles. The second-order valence-electron chi connectivity index (χ2n) is 6.61. The lowest BCUT2D eigenvalue weighted by Crippen LogP contribution is -2.42. The number of benzene rings is 1. The third-order valence-electron chi connectivity index (χ3n) is 4.92. The molecule has 2 aliphatic rings. The fourth-order valence-corrected chi connectivity index (χ4v) is 3.69. The summed E-state index contributed by atoms with van der Waals surface area (Å²) in [5.74, 6) is 0.00933. The molecule has 0 spiro atoms. The average molecular weight is 350 g/mol. The van der Waals surface area contributed by atoms with Crippen molar-refractivity contribution < 1.29 is 22.4 Å². The molecule has 25 heavy (non-hydrogen) atoms. The molecule has 3 heterocycles. The van der Waals surface area contributed by atoms with Crippen LogP contribution in [0.2, 0.25) is 0 Å². The third-order valence-corrected chi connectivity index (χ3v) is 4.92. The Bertz CT molecular complexity index is 800. The van der Waals surface area contributed by atoms with Gasteiger partial charge in [0, 0.05) is 23.7 Å². The van der Waals surface area contributed by atoms with Gasteiger partial charge in [-0.15, -0.1) is 0 Å². The maximum atomic E-state index is 12.8. The first kappa shape index (κ1) is 16.2. The molecule has 0 saturated carbocycles. The van der Waals surface area contributed by atoms with Crippen molar-refractivity contribution in [3.05, 3.63) is 47.7 Å². The maximum absolute atomic E-state index is 12.8. The van der Waals surface area contributed by atoms with Crippen LogP contribution in [-0.2, 0) is 6.18 Å². The summed E-state index contributed by atoms with van der Waals surface area (Å²) in [4.78, 5) is 12.3. The van der Waals surface area contributed by atoms with Gasteiger partial charge in [0.2, 0.25) is 0 Å². The Morgan fingerprint density at radius 1 is 1.20 bits per heavy atom. The summed E-state index contributed by atoms with van der Waals surface area (Å²) in [7, 11) is 0. The second-order valence-corrected chi connectivity index (χ2v) is 6.61. The van der Waals surface area contributed by atoms with E-state index in [9.17, 15) is 18.0 Å². The van der Waals surface area contributed by atoms with Crippen LogP contribution in [0.1, 0.15) is 35.4 Å². The van der Waals surface area contributed by atoms with E-state index in [1.165, 1.54) is 24.3 Å². The summed E-state index contributed by atoms with van der Waals surface area (Å²) in [6.45, 7) is 0. The normalized spacial score (nSPS) is 25.3. The number of hydrogen-bond acceptors (Lipinski definition) is 3. The number of hydrogen-bond donors (Lipinski definition) is 2. The van der Waals surface area contributed by atoms with Crippen LogP contribution in [0.5, 0.6) is 0 Å². The van der Waals surface area contributed by atoms with Crippen molar-refractivity contribution in [3.8, 4) is 11.3 Å². The van der Waals surface area contributed by atoms with Crippen LogP contribution in [0, 0.1) is 0 Å². The number of nitrogens with one attached hydrogen (secondary N) is 2. The Morgan fingerprint density at radius 3 is 2.72 bits per heavy atom. The van der Waals surface area contributed by atoms with Crippen LogP contribution in [0.4, 0.5) is 13.2 Å². The first-order valence-corrected chi connectivity index (χ1v) is 8.24. The second kappa shape index (κ2) is 5.91. The highest BCUT2D eigenvalue weighted by Crippen LogP contribution is 2.33. The summed E-state index contributed by atoms with van der Waals surface area (Å²) in [6.07, 6.45) is -1.34. The Balaban J connectivity index is 1.49. The summed E-state index contributed by atoms with van der Waals surface area (Å²) < 4.78 is 43.9. The van der Waals surface area contributed by atoms with E-state index < -0.39 is 11.7 Å². The van der Waals surface area contributed by atoms with Gasteiger partial charge in [-0.3, -0.25) is 4.79 Å². The predicted octanol–water partition coefficient (Wildman–Crippen LogP) is 3.59. The molecule has 2 fully saturated rings. The zero-order valence-electron chi connectivity index (χ0n) is 13.3. The van der Waals surface area contributed by atoms with Gasteiger partial charge in [0.05, 0.1) is 5.56 Å². The van der Waals surface area contributed by atoms with E-state index in [4.69, 9.17) is 4.42 Å². The van der Waals surface area contributed by atoms with E-state index in [0.29, 0.717) is 12.1 Å². The van der Waals surface area contributed by atoms with Gasteiger partial charge >= 0.3 is 6.18 Å². The highest BCUT2D eigenvalue weighted by atomic mass is 19.4. The Labute approximate surface area is 142 Å². The summed E-state index contributed by atoms with van der Waals surface area (Å²) in [5.41, 5.74) is -0.462. The Kier molecular flexibility index (Phi) is 3.83. The molecule has 7 heteroatoms. The lowest BCUT2D eigenvalue weighted by molar-refractivity contribution is -0.137. The molecule has 0 unspecified atom stereocenters. The van der Waals surface area contributed by atoms with Crippen molar-refractivity contribution in [1.29, 1.82) is 0 Å². The van der Waals surface area contributed by atoms with Crippen molar-refractivity contribution in [2.75, 3.05) is 0 Å². The van der Waals surface area contributed by atoms with Gasteiger partial charge in [-0.25, -0.2) is 0 Å². The number of alkyl halides is 3. The predicted molar refractivity (Wildman–Crippen MR) is 85.0 cm³/mol. The van der Waals surface area contributed by atoms with Crippen LogP contribution >= 0.6 is 0 Å². The van der Waals surface area contributed by atoms with Crippen molar-refractivity contribution in [3.63, 3.8) is 0 Å². The van der Waals surface area contributed by atoms with Crippen LogP contribution < -0.4 is 10.6 Å². The number of amides is 1. The fourth-order valence-electron chi connectivity index (χ4n) is 3.69. The van der Waals surface area contributed by atoms with E-state index in [0.717, 1.165) is 31.4 Å². The fraction of sp³-hybridized carbons (Fsp3) is 0.389. The average Bonchev–Trinajstić information content (AvgIpc) is 3.30. The van der Waals surface area contributed by atoms with E-state index in [1.807, 2.05) is 0 Å². The number of halogens is 3. The van der Waals surface area contributed by atoms with Gasteiger partial charge in [-0.2, -0.15) is 13.2 Å². The lowest BCUT2D eigenvalue weighted by Gasteiger charge is -2.20. The number of carbonyl (C=O) groups is 1. The maximum Gasteiger partial charge on any atom is 0.416 e. The van der Waals surface area contributed by atoms with Crippen LogP contribution in [0.25, 0.3) is 11.3 Å². The SMILES string of the molecule is O=C(N[C@@H]1C[C@H]2CC[C@@H]1N2)c1ccc(-c2cccc(C(F)(F)F)c2)o1. The van der Waals surface area contributed by atoms with Crippen LogP contribution in [0.15, 0.2) is 40.8 Å². The number of rotatable bonds is 3. The van der Waals surface area contributed by atoms with E-state index in [1.54, 1.807) is 0 Å². The van der Waals surface area contributed by atoms with Crippen molar-refractivity contribution in [1.82, 2.24) is 10.6 Å². The van der Waals surface area contributed by atoms with Crippen LogP contribution in [-0.4, -0.2) is 24.0 Å². The van der Waals surface area contributed by atoms with E-state index >= 15 is 0 Å². The molecule has 2 bridgehead atoms. The molecule has 2 saturated heterocycles. The van der Waals surface area contributed by atoms with E-state index in [-0.39, 0.29) is 29.0 Å². The minimum atomic E-state index is -4.42. The van der Waals surface area contributed by atoms with Crippen LogP contribution in [0.3, 0.4) is 0 Å². The largest absolute Gasteiger partial charge is 0.451 e. The first-order valence-electron chi connectivity index (χ1n) is 8.24. The molecule has 2 N–H and O–H groups in total. The van der Waals surface area contributed by atoms with Crippen molar-refractivity contribution in [2.24, 2.45) is 0 Å². The molecular weight excluding hydrogens is 333 g/mol. The molecule has 4 rings (SSSR count). The smallest absolute Gasteiger partial charge is 0.416 e. The number of furan rings is 1. The van der Waals surface area contributed by atoms with Gasteiger partial charge in [0.25, 0.3) is 5.91 Å². The quantitative estimate of drug-likeness (QED) is 0.890. The molecule has 1 amide bonds. The summed E-state index contributed by atoms with van der Waals surface area (Å²) >= 11 is 0. The van der Waals surface area contributed by atoms with Gasteiger partial charge in [0.15, 0.2) is 5.76 Å². The number of carbonyl (C=O) groups excluding carboxylic acids is 1. The summed E-state index contributed by atoms with van der Waals surface area (Å²) in [5, 5.41) is 6.39. The standard InChI is InChI=1S/C18H17F3N2O2/c19-18(20,21)11-3-1-2-10(8-11)15-6-7-16(25-15)17(24)23-14-9-12-4-5-13(14)22-12/h1-3,6-8,12-14,22H,4-5,9H2,(H,23,24)/t12-,13+,14-/m1/s1. The molecule has 0 radical (unpaired) electrons. The highest BCUT2D eigenvalue weighted by Gasteiger charge is 2.40. The molecular formula is C18H17F3N2O2.